The molecular weight excluding hydrogens is 246 g/mol. The van der Waals surface area contributed by atoms with E-state index in [4.69, 9.17) is 5.73 Å². The Balaban J connectivity index is 2.70. The standard InChI is InChI=1S/C13H19N3O3/c1-9(2)4-3-7-15-13(17)11-8-10(14)5-6-12(11)16(18)19/h5-6,8-9H,3-4,7,14H2,1-2H3,(H,15,17). The summed E-state index contributed by atoms with van der Waals surface area (Å²) in [4.78, 5) is 22.2. The molecule has 0 aromatic heterocycles. The zero-order chi connectivity index (χ0) is 14.4. The molecule has 0 saturated heterocycles. The fourth-order valence-corrected chi connectivity index (χ4v) is 1.70. The van der Waals surface area contributed by atoms with Crippen LogP contribution in [0.2, 0.25) is 0 Å². The Hall–Kier alpha value is -2.11. The molecule has 0 aliphatic rings. The van der Waals surface area contributed by atoms with Crippen LogP contribution in [-0.2, 0) is 0 Å². The first-order valence-electron chi connectivity index (χ1n) is 6.24. The van der Waals surface area contributed by atoms with E-state index < -0.39 is 10.8 Å². The minimum absolute atomic E-state index is 0.00884. The molecule has 6 nitrogen and oxygen atoms in total. The molecular formula is C13H19N3O3. The van der Waals surface area contributed by atoms with Gasteiger partial charge in [-0.2, -0.15) is 0 Å². The monoisotopic (exact) mass is 265 g/mol. The number of nitro groups is 1. The number of benzene rings is 1. The summed E-state index contributed by atoms with van der Waals surface area (Å²) in [5.74, 6) is 0.112. The quantitative estimate of drug-likeness (QED) is 0.357. The predicted octanol–water partition coefficient (Wildman–Crippen LogP) is 2.34. The minimum atomic E-state index is -0.581. The predicted molar refractivity (Wildman–Crippen MR) is 73.9 cm³/mol. The van der Waals surface area contributed by atoms with Gasteiger partial charge in [0.2, 0.25) is 0 Å². The average molecular weight is 265 g/mol. The first kappa shape index (κ1) is 14.9. The second kappa shape index (κ2) is 6.72. The van der Waals surface area contributed by atoms with Crippen LogP contribution in [0.4, 0.5) is 11.4 Å². The number of hydrogen-bond donors (Lipinski definition) is 2. The number of nitrogen functional groups attached to an aromatic ring is 1. The maximum atomic E-state index is 11.9. The average Bonchev–Trinajstić information content (AvgIpc) is 2.33. The van der Waals surface area contributed by atoms with Crippen molar-refractivity contribution < 1.29 is 9.72 Å². The van der Waals surface area contributed by atoms with Crippen LogP contribution >= 0.6 is 0 Å². The largest absolute Gasteiger partial charge is 0.399 e. The molecule has 104 valence electrons. The molecule has 0 aliphatic heterocycles. The molecule has 0 fully saturated rings. The van der Waals surface area contributed by atoms with Gasteiger partial charge in [-0.15, -0.1) is 0 Å². The van der Waals surface area contributed by atoms with Crippen LogP contribution < -0.4 is 11.1 Å². The molecule has 0 bridgehead atoms. The summed E-state index contributed by atoms with van der Waals surface area (Å²) in [5.41, 5.74) is 5.67. The van der Waals surface area contributed by atoms with Crippen LogP contribution in [-0.4, -0.2) is 17.4 Å². The second-order valence-electron chi connectivity index (χ2n) is 4.83. The zero-order valence-corrected chi connectivity index (χ0v) is 11.2. The third kappa shape index (κ3) is 4.57. The van der Waals surface area contributed by atoms with Crippen molar-refractivity contribution in [2.24, 2.45) is 5.92 Å². The summed E-state index contributed by atoms with van der Waals surface area (Å²) in [6.45, 7) is 4.71. The van der Waals surface area contributed by atoms with Gasteiger partial charge in [-0.05, 0) is 30.9 Å². The van der Waals surface area contributed by atoms with Gasteiger partial charge < -0.3 is 11.1 Å². The maximum Gasteiger partial charge on any atom is 0.282 e. The van der Waals surface area contributed by atoms with Crippen molar-refractivity contribution in [3.63, 3.8) is 0 Å². The fourth-order valence-electron chi connectivity index (χ4n) is 1.70. The molecule has 1 aromatic rings. The SMILES string of the molecule is CC(C)CCCNC(=O)c1cc(N)ccc1[N+](=O)[O-]. The number of amides is 1. The van der Waals surface area contributed by atoms with Gasteiger partial charge in [-0.1, -0.05) is 13.8 Å². The lowest BCUT2D eigenvalue weighted by atomic mass is 10.1. The molecule has 3 N–H and O–H groups in total. The molecule has 1 amide bonds. The van der Waals surface area contributed by atoms with Crippen molar-refractivity contribution >= 4 is 17.3 Å². The highest BCUT2D eigenvalue weighted by Gasteiger charge is 2.19. The van der Waals surface area contributed by atoms with E-state index in [2.05, 4.69) is 19.2 Å². The molecule has 1 rings (SSSR count). The van der Waals surface area contributed by atoms with E-state index in [1.54, 1.807) is 0 Å². The van der Waals surface area contributed by atoms with Gasteiger partial charge in [0.1, 0.15) is 5.56 Å². The van der Waals surface area contributed by atoms with E-state index in [1.807, 2.05) is 0 Å². The number of anilines is 1. The second-order valence-corrected chi connectivity index (χ2v) is 4.83. The van der Waals surface area contributed by atoms with E-state index in [1.165, 1.54) is 18.2 Å². The molecule has 1 aromatic carbocycles. The van der Waals surface area contributed by atoms with Gasteiger partial charge in [-0.3, -0.25) is 14.9 Å². The van der Waals surface area contributed by atoms with Crippen LogP contribution in [0, 0.1) is 16.0 Å². The highest BCUT2D eigenvalue weighted by molar-refractivity contribution is 5.99. The smallest absolute Gasteiger partial charge is 0.282 e. The highest BCUT2D eigenvalue weighted by Crippen LogP contribution is 2.21. The van der Waals surface area contributed by atoms with Crippen molar-refractivity contribution in [1.29, 1.82) is 0 Å². The third-order valence-corrected chi connectivity index (χ3v) is 2.71. The summed E-state index contributed by atoms with van der Waals surface area (Å²) in [5, 5.41) is 13.5. The number of carbonyl (C=O) groups is 1. The number of nitro benzene ring substituents is 1. The minimum Gasteiger partial charge on any atom is -0.399 e. The molecule has 0 unspecified atom stereocenters. The van der Waals surface area contributed by atoms with Crippen molar-refractivity contribution in [2.45, 2.75) is 26.7 Å². The summed E-state index contributed by atoms with van der Waals surface area (Å²) < 4.78 is 0. The van der Waals surface area contributed by atoms with E-state index in [-0.39, 0.29) is 11.3 Å². The number of carbonyl (C=O) groups excluding carboxylic acids is 1. The van der Waals surface area contributed by atoms with E-state index in [0.717, 1.165) is 12.8 Å². The first-order chi connectivity index (χ1) is 8.91. The van der Waals surface area contributed by atoms with Gasteiger partial charge in [0.25, 0.3) is 11.6 Å². The normalized spacial score (nSPS) is 10.5. The van der Waals surface area contributed by atoms with Crippen molar-refractivity contribution in [1.82, 2.24) is 5.32 Å². The summed E-state index contributed by atoms with van der Waals surface area (Å²) in [6, 6.07) is 3.99. The van der Waals surface area contributed by atoms with E-state index >= 15 is 0 Å². The van der Waals surface area contributed by atoms with Crippen LogP contribution in [0.5, 0.6) is 0 Å². The first-order valence-corrected chi connectivity index (χ1v) is 6.24. The lowest BCUT2D eigenvalue weighted by Crippen LogP contribution is -2.25. The van der Waals surface area contributed by atoms with Crippen molar-refractivity contribution in [2.75, 3.05) is 12.3 Å². The molecule has 0 atom stereocenters. The topological polar surface area (TPSA) is 98.3 Å². The number of nitrogens with two attached hydrogens (primary N) is 1. The maximum absolute atomic E-state index is 11.9. The lowest BCUT2D eigenvalue weighted by Gasteiger charge is -2.07. The zero-order valence-electron chi connectivity index (χ0n) is 11.2. The van der Waals surface area contributed by atoms with Gasteiger partial charge >= 0.3 is 0 Å². The van der Waals surface area contributed by atoms with E-state index in [0.29, 0.717) is 18.2 Å². The number of nitrogens with zero attached hydrogens (tertiary/aromatic N) is 1. The number of rotatable bonds is 6. The molecule has 0 radical (unpaired) electrons. The molecule has 0 spiro atoms. The van der Waals surface area contributed by atoms with Crippen LogP contribution in [0.1, 0.15) is 37.0 Å². The molecule has 0 saturated carbocycles. The van der Waals surface area contributed by atoms with E-state index in [9.17, 15) is 14.9 Å². The Morgan fingerprint density at radius 2 is 2.16 bits per heavy atom. The Kier molecular flexibility index (Phi) is 5.29. The fraction of sp³-hybridized carbons (Fsp3) is 0.462. The highest BCUT2D eigenvalue weighted by atomic mass is 16.6. The summed E-state index contributed by atoms with van der Waals surface area (Å²) >= 11 is 0. The van der Waals surface area contributed by atoms with Crippen molar-refractivity contribution in [3.05, 3.63) is 33.9 Å². The van der Waals surface area contributed by atoms with Crippen molar-refractivity contribution in [3.8, 4) is 0 Å². The number of nitrogens with one attached hydrogen (secondary N) is 1. The van der Waals surface area contributed by atoms with Crippen LogP contribution in [0.3, 0.4) is 0 Å². The molecule has 0 aliphatic carbocycles. The van der Waals surface area contributed by atoms with Crippen LogP contribution in [0.15, 0.2) is 18.2 Å². The Morgan fingerprint density at radius 1 is 1.47 bits per heavy atom. The molecule has 0 heterocycles. The third-order valence-electron chi connectivity index (χ3n) is 2.71. The Morgan fingerprint density at radius 3 is 2.74 bits per heavy atom. The molecule has 19 heavy (non-hydrogen) atoms. The number of hydrogen-bond acceptors (Lipinski definition) is 4. The van der Waals surface area contributed by atoms with Gasteiger partial charge in [-0.25, -0.2) is 0 Å². The van der Waals surface area contributed by atoms with Gasteiger partial charge in [0.05, 0.1) is 4.92 Å². The van der Waals surface area contributed by atoms with Crippen LogP contribution in [0.25, 0.3) is 0 Å². The van der Waals surface area contributed by atoms with Gasteiger partial charge in [0.15, 0.2) is 0 Å². The lowest BCUT2D eigenvalue weighted by molar-refractivity contribution is -0.385. The summed E-state index contributed by atoms with van der Waals surface area (Å²) in [7, 11) is 0. The summed E-state index contributed by atoms with van der Waals surface area (Å²) in [6.07, 6.45) is 1.85. The Bertz CT molecular complexity index is 472. The Labute approximate surface area is 112 Å². The van der Waals surface area contributed by atoms with Gasteiger partial charge in [0, 0.05) is 18.3 Å². The molecule has 6 heteroatoms.